The summed E-state index contributed by atoms with van der Waals surface area (Å²) in [7, 11) is 0. The molecule has 0 unspecified atom stereocenters. The minimum atomic E-state index is -4.75. The molecule has 3 nitrogen and oxygen atoms in total. The van der Waals surface area contributed by atoms with Crippen molar-refractivity contribution in [1.29, 1.82) is 0 Å². The Labute approximate surface area is 149 Å². The number of halogens is 3. The van der Waals surface area contributed by atoms with E-state index >= 15 is 0 Å². The van der Waals surface area contributed by atoms with Crippen LogP contribution in [0.4, 0.5) is 13.2 Å². The van der Waals surface area contributed by atoms with Gasteiger partial charge in [-0.3, -0.25) is 4.79 Å². The summed E-state index contributed by atoms with van der Waals surface area (Å²) in [6, 6.07) is 4.87. The van der Waals surface area contributed by atoms with Gasteiger partial charge in [0, 0.05) is 5.56 Å². The Bertz CT molecular complexity index is 675. The van der Waals surface area contributed by atoms with E-state index in [0.29, 0.717) is 0 Å². The van der Waals surface area contributed by atoms with E-state index < -0.39 is 6.36 Å². The number of hydrogen-bond acceptors (Lipinski definition) is 3. The zero-order valence-electron chi connectivity index (χ0n) is 14.1. The summed E-state index contributed by atoms with van der Waals surface area (Å²) in [5, 5.41) is 3.61. The van der Waals surface area contributed by atoms with Crippen molar-refractivity contribution in [3.8, 4) is 5.75 Å². The number of carbonyl (C=O) groups excluding carboxylic acids is 1. The number of carbonyl (C=O) groups is 1. The molecule has 0 saturated heterocycles. The number of thioether (sulfide) groups is 1. The van der Waals surface area contributed by atoms with Gasteiger partial charge in [-0.25, -0.2) is 0 Å². The summed E-state index contributed by atoms with van der Waals surface area (Å²) >= 11 is 1.54. The lowest BCUT2D eigenvalue weighted by atomic mass is 10.1. The standard InChI is InChI=1S/C18H20F3NO2S/c1-12(2)17(25-15-6-4-3-5-7-15)22-16(23)13-8-10-14(11-9-13)24-18(19,20)21/h6,8-11H,3-5,7H2,1-2H3,(H,22,23). The lowest BCUT2D eigenvalue weighted by Gasteiger charge is -2.16. The van der Waals surface area contributed by atoms with Crippen molar-refractivity contribution in [2.24, 2.45) is 0 Å². The minimum absolute atomic E-state index is 0.270. The third kappa shape index (κ3) is 6.49. The summed E-state index contributed by atoms with van der Waals surface area (Å²) in [6.45, 7) is 3.82. The second-order valence-corrected chi connectivity index (χ2v) is 7.01. The molecule has 0 spiro atoms. The van der Waals surface area contributed by atoms with Crippen molar-refractivity contribution in [2.75, 3.05) is 0 Å². The molecular weight excluding hydrogens is 351 g/mol. The maximum Gasteiger partial charge on any atom is 0.573 e. The van der Waals surface area contributed by atoms with Gasteiger partial charge in [0.1, 0.15) is 5.75 Å². The quantitative estimate of drug-likeness (QED) is 0.715. The summed E-state index contributed by atoms with van der Waals surface area (Å²) < 4.78 is 40.3. The summed E-state index contributed by atoms with van der Waals surface area (Å²) in [4.78, 5) is 13.6. The van der Waals surface area contributed by atoms with Crippen LogP contribution < -0.4 is 10.1 Å². The predicted molar refractivity (Wildman–Crippen MR) is 93.1 cm³/mol. The van der Waals surface area contributed by atoms with Gasteiger partial charge in [-0.05, 0) is 74.3 Å². The van der Waals surface area contributed by atoms with Crippen LogP contribution in [0.2, 0.25) is 0 Å². The van der Waals surface area contributed by atoms with Crippen molar-refractivity contribution in [3.05, 3.63) is 51.4 Å². The van der Waals surface area contributed by atoms with Gasteiger partial charge in [0.2, 0.25) is 0 Å². The highest BCUT2D eigenvalue weighted by Crippen LogP contribution is 2.33. The van der Waals surface area contributed by atoms with Crippen LogP contribution in [0.3, 0.4) is 0 Å². The Kier molecular flexibility index (Phi) is 6.58. The zero-order chi connectivity index (χ0) is 18.4. The van der Waals surface area contributed by atoms with E-state index in [0.717, 1.165) is 42.0 Å². The van der Waals surface area contributed by atoms with Crippen LogP contribution in [-0.2, 0) is 0 Å². The molecule has 0 atom stereocenters. The summed E-state index contributed by atoms with van der Waals surface area (Å²) in [5.41, 5.74) is 1.24. The molecule has 25 heavy (non-hydrogen) atoms. The largest absolute Gasteiger partial charge is 0.573 e. The number of alkyl halides is 3. The lowest BCUT2D eigenvalue weighted by Crippen LogP contribution is -2.22. The number of allylic oxidation sites excluding steroid dienone is 3. The third-order valence-corrected chi connectivity index (χ3v) is 4.86. The number of hydrogen-bond donors (Lipinski definition) is 1. The van der Waals surface area contributed by atoms with E-state index in [2.05, 4.69) is 16.1 Å². The predicted octanol–water partition coefficient (Wildman–Crippen LogP) is 5.76. The molecule has 7 heteroatoms. The highest BCUT2D eigenvalue weighted by atomic mass is 32.2. The Morgan fingerprint density at radius 1 is 1.16 bits per heavy atom. The molecule has 1 aromatic rings. The summed E-state index contributed by atoms with van der Waals surface area (Å²) in [5.74, 6) is -0.716. The number of nitrogens with one attached hydrogen (secondary N) is 1. The molecule has 1 amide bonds. The number of amides is 1. The van der Waals surface area contributed by atoms with Gasteiger partial charge in [0.25, 0.3) is 5.91 Å². The van der Waals surface area contributed by atoms with E-state index in [1.165, 1.54) is 23.5 Å². The molecular formula is C18H20F3NO2S. The van der Waals surface area contributed by atoms with Crippen molar-refractivity contribution in [2.45, 2.75) is 45.9 Å². The fourth-order valence-corrected chi connectivity index (χ4v) is 3.33. The first-order chi connectivity index (χ1) is 11.7. The Morgan fingerprint density at radius 3 is 2.36 bits per heavy atom. The SMILES string of the molecule is CC(C)=C(NC(=O)c1ccc(OC(F)(F)F)cc1)SC1=CCCCC1. The second-order valence-electron chi connectivity index (χ2n) is 5.87. The Hall–Kier alpha value is -1.89. The fourth-order valence-electron chi connectivity index (χ4n) is 2.27. The molecule has 0 bridgehead atoms. The summed E-state index contributed by atoms with van der Waals surface area (Å²) in [6.07, 6.45) is 1.82. The maximum absolute atomic E-state index is 12.4. The molecule has 0 heterocycles. The van der Waals surface area contributed by atoms with E-state index in [-0.39, 0.29) is 17.2 Å². The third-order valence-electron chi connectivity index (χ3n) is 3.51. The van der Waals surface area contributed by atoms with Gasteiger partial charge in [-0.15, -0.1) is 13.2 Å². The average molecular weight is 371 g/mol. The first-order valence-corrected chi connectivity index (χ1v) is 8.78. The molecule has 136 valence electrons. The first kappa shape index (κ1) is 19.4. The first-order valence-electron chi connectivity index (χ1n) is 7.96. The van der Waals surface area contributed by atoms with Crippen LogP contribution in [0.15, 0.2) is 45.8 Å². The van der Waals surface area contributed by atoms with Crippen molar-refractivity contribution in [3.63, 3.8) is 0 Å². The molecule has 1 aliphatic carbocycles. The Balaban J connectivity index is 2.03. The normalized spacial score (nSPS) is 14.5. The van der Waals surface area contributed by atoms with Gasteiger partial charge in [-0.1, -0.05) is 17.8 Å². The maximum atomic E-state index is 12.4. The van der Waals surface area contributed by atoms with E-state index in [4.69, 9.17) is 0 Å². The van der Waals surface area contributed by atoms with Crippen molar-refractivity contribution < 1.29 is 22.7 Å². The number of ether oxygens (including phenoxy) is 1. The minimum Gasteiger partial charge on any atom is -0.406 e. The average Bonchev–Trinajstić information content (AvgIpc) is 2.54. The number of benzene rings is 1. The fraction of sp³-hybridized carbons (Fsp3) is 0.389. The van der Waals surface area contributed by atoms with Crippen molar-refractivity contribution in [1.82, 2.24) is 5.32 Å². The molecule has 1 N–H and O–H groups in total. The molecule has 0 aromatic heterocycles. The van der Waals surface area contributed by atoms with E-state index in [9.17, 15) is 18.0 Å². The highest BCUT2D eigenvalue weighted by Gasteiger charge is 2.31. The van der Waals surface area contributed by atoms with Crippen LogP contribution >= 0.6 is 11.8 Å². The van der Waals surface area contributed by atoms with Crippen LogP contribution in [0.1, 0.15) is 49.9 Å². The molecule has 1 aromatic carbocycles. The Morgan fingerprint density at radius 2 is 1.84 bits per heavy atom. The molecule has 0 aliphatic heterocycles. The molecule has 0 radical (unpaired) electrons. The van der Waals surface area contributed by atoms with E-state index in [1.807, 2.05) is 13.8 Å². The molecule has 0 saturated carbocycles. The molecule has 1 aliphatic rings. The van der Waals surface area contributed by atoms with Gasteiger partial charge < -0.3 is 10.1 Å². The molecule has 0 fully saturated rings. The smallest absolute Gasteiger partial charge is 0.406 e. The van der Waals surface area contributed by atoms with Crippen LogP contribution in [-0.4, -0.2) is 12.3 Å². The van der Waals surface area contributed by atoms with Crippen LogP contribution in [0, 0.1) is 0 Å². The van der Waals surface area contributed by atoms with E-state index in [1.54, 1.807) is 11.8 Å². The van der Waals surface area contributed by atoms with Crippen LogP contribution in [0.25, 0.3) is 0 Å². The van der Waals surface area contributed by atoms with Gasteiger partial charge in [0.05, 0.1) is 5.03 Å². The zero-order valence-corrected chi connectivity index (χ0v) is 14.9. The van der Waals surface area contributed by atoms with Crippen LogP contribution in [0.5, 0.6) is 5.75 Å². The lowest BCUT2D eigenvalue weighted by molar-refractivity contribution is -0.274. The molecule has 2 rings (SSSR count). The van der Waals surface area contributed by atoms with Gasteiger partial charge in [-0.2, -0.15) is 0 Å². The second kappa shape index (κ2) is 8.47. The highest BCUT2D eigenvalue weighted by molar-refractivity contribution is 8.06. The topological polar surface area (TPSA) is 38.3 Å². The van der Waals surface area contributed by atoms with Crippen molar-refractivity contribution >= 4 is 17.7 Å². The monoisotopic (exact) mass is 371 g/mol. The van der Waals surface area contributed by atoms with Gasteiger partial charge in [0.15, 0.2) is 0 Å². The number of rotatable bonds is 5. The van der Waals surface area contributed by atoms with Gasteiger partial charge >= 0.3 is 6.36 Å².